The standard InChI is InChI=1S/C16H27IO2Si/c1-15(2,3)20(6,7)19-14-12-10(9-16(14,4)5)8-11(18)13(12)17/h10,14H,8-9H2,1-7H3. The number of Topliss-reactive ketones (excluding diaryl/α,β-unsaturated/α-hetero) is 1. The molecule has 2 rings (SSSR count). The van der Waals surface area contributed by atoms with Crippen molar-refractivity contribution in [3.63, 3.8) is 0 Å². The summed E-state index contributed by atoms with van der Waals surface area (Å²) in [6.07, 6.45) is 1.92. The second-order valence-electron chi connectivity index (χ2n) is 8.54. The highest BCUT2D eigenvalue weighted by atomic mass is 127. The molecular formula is C16H27IO2Si. The quantitative estimate of drug-likeness (QED) is 0.472. The van der Waals surface area contributed by atoms with E-state index in [9.17, 15) is 4.79 Å². The second-order valence-corrected chi connectivity index (χ2v) is 14.4. The van der Waals surface area contributed by atoms with Crippen molar-refractivity contribution in [3.8, 4) is 0 Å². The van der Waals surface area contributed by atoms with Crippen LogP contribution in [-0.4, -0.2) is 20.2 Å². The van der Waals surface area contributed by atoms with Crippen molar-refractivity contribution >= 4 is 36.7 Å². The lowest BCUT2D eigenvalue weighted by Crippen LogP contribution is -2.46. The van der Waals surface area contributed by atoms with E-state index in [0.717, 1.165) is 10.0 Å². The molecule has 1 fully saturated rings. The number of rotatable bonds is 2. The summed E-state index contributed by atoms with van der Waals surface area (Å²) in [7, 11) is -1.82. The zero-order valence-electron chi connectivity index (χ0n) is 13.8. The molecule has 0 amide bonds. The largest absolute Gasteiger partial charge is 0.410 e. The van der Waals surface area contributed by atoms with Gasteiger partial charge in [0, 0.05) is 6.42 Å². The Kier molecular flexibility index (Phi) is 4.10. The van der Waals surface area contributed by atoms with E-state index in [4.69, 9.17) is 4.43 Å². The molecule has 0 aromatic rings. The summed E-state index contributed by atoms with van der Waals surface area (Å²) >= 11 is 2.25. The topological polar surface area (TPSA) is 26.3 Å². The van der Waals surface area contributed by atoms with Crippen LogP contribution in [0.4, 0.5) is 0 Å². The van der Waals surface area contributed by atoms with Crippen LogP contribution in [-0.2, 0) is 9.22 Å². The Morgan fingerprint density at radius 3 is 2.35 bits per heavy atom. The van der Waals surface area contributed by atoms with Gasteiger partial charge < -0.3 is 4.43 Å². The molecule has 0 aromatic heterocycles. The fraction of sp³-hybridized carbons (Fsp3) is 0.812. The van der Waals surface area contributed by atoms with Gasteiger partial charge in [-0.2, -0.15) is 0 Å². The van der Waals surface area contributed by atoms with Gasteiger partial charge in [0.2, 0.25) is 0 Å². The maximum atomic E-state index is 12.0. The fourth-order valence-corrected chi connectivity index (χ4v) is 5.46. The number of halogens is 1. The van der Waals surface area contributed by atoms with Crippen LogP contribution >= 0.6 is 22.6 Å². The van der Waals surface area contributed by atoms with Crippen LogP contribution in [0.2, 0.25) is 18.1 Å². The van der Waals surface area contributed by atoms with Crippen molar-refractivity contribution in [1.29, 1.82) is 0 Å². The maximum Gasteiger partial charge on any atom is 0.192 e. The van der Waals surface area contributed by atoms with Gasteiger partial charge in [0.25, 0.3) is 0 Å². The SMILES string of the molecule is CC1(C)CC2CC(=O)C(I)=C2C1O[Si](C)(C)C(C)(C)C. The molecule has 2 unspecified atom stereocenters. The van der Waals surface area contributed by atoms with E-state index in [0.29, 0.717) is 18.1 Å². The number of hydrogen-bond donors (Lipinski definition) is 0. The molecule has 0 bridgehead atoms. The summed E-state index contributed by atoms with van der Waals surface area (Å²) < 4.78 is 7.70. The lowest BCUT2D eigenvalue weighted by atomic mass is 9.87. The third-order valence-electron chi connectivity index (χ3n) is 5.35. The van der Waals surface area contributed by atoms with Gasteiger partial charge in [-0.3, -0.25) is 4.79 Å². The molecule has 1 saturated carbocycles. The van der Waals surface area contributed by atoms with Crippen LogP contribution < -0.4 is 0 Å². The highest BCUT2D eigenvalue weighted by molar-refractivity contribution is 14.1. The maximum absolute atomic E-state index is 12.0. The van der Waals surface area contributed by atoms with Gasteiger partial charge in [-0.25, -0.2) is 0 Å². The molecule has 20 heavy (non-hydrogen) atoms. The van der Waals surface area contributed by atoms with Crippen LogP contribution in [0.15, 0.2) is 9.15 Å². The molecule has 0 radical (unpaired) electrons. The average Bonchev–Trinajstić information content (AvgIpc) is 2.61. The zero-order chi connectivity index (χ0) is 15.5. The lowest BCUT2D eigenvalue weighted by Gasteiger charge is -2.42. The van der Waals surface area contributed by atoms with E-state index in [1.54, 1.807) is 0 Å². The summed E-state index contributed by atoms with van der Waals surface area (Å²) in [5.74, 6) is 0.754. The number of hydrogen-bond acceptors (Lipinski definition) is 2. The Bertz CT molecular complexity index is 471. The smallest absolute Gasteiger partial charge is 0.192 e. The van der Waals surface area contributed by atoms with Crippen molar-refractivity contribution in [3.05, 3.63) is 9.15 Å². The van der Waals surface area contributed by atoms with Crippen molar-refractivity contribution in [2.45, 2.75) is 71.7 Å². The van der Waals surface area contributed by atoms with E-state index in [1.807, 2.05) is 0 Å². The first kappa shape index (κ1) is 16.7. The van der Waals surface area contributed by atoms with Gasteiger partial charge in [-0.1, -0.05) is 34.6 Å². The van der Waals surface area contributed by atoms with Gasteiger partial charge in [0.1, 0.15) is 0 Å². The summed E-state index contributed by atoms with van der Waals surface area (Å²) in [5.41, 5.74) is 1.46. The van der Waals surface area contributed by atoms with E-state index < -0.39 is 8.32 Å². The first-order chi connectivity index (χ1) is 8.87. The van der Waals surface area contributed by atoms with E-state index >= 15 is 0 Å². The molecule has 4 heteroatoms. The molecule has 2 aliphatic rings. The Morgan fingerprint density at radius 1 is 1.30 bits per heavy atom. The van der Waals surface area contributed by atoms with E-state index in [1.165, 1.54) is 5.57 Å². The molecule has 0 spiro atoms. The van der Waals surface area contributed by atoms with Crippen LogP contribution in [0.25, 0.3) is 0 Å². The third kappa shape index (κ3) is 2.67. The monoisotopic (exact) mass is 406 g/mol. The van der Waals surface area contributed by atoms with Crippen LogP contribution in [0.5, 0.6) is 0 Å². The number of carbonyl (C=O) groups excluding carboxylic acids is 1. The molecule has 2 nitrogen and oxygen atoms in total. The van der Waals surface area contributed by atoms with E-state index in [2.05, 4.69) is 70.3 Å². The number of ketones is 1. The van der Waals surface area contributed by atoms with Gasteiger partial charge in [-0.05, 0) is 64.0 Å². The van der Waals surface area contributed by atoms with Gasteiger partial charge in [0.15, 0.2) is 14.1 Å². The summed E-state index contributed by atoms with van der Waals surface area (Å²) in [4.78, 5) is 12.0. The Morgan fingerprint density at radius 2 is 1.85 bits per heavy atom. The second kappa shape index (κ2) is 4.91. The normalized spacial score (nSPS) is 30.1. The zero-order valence-corrected chi connectivity index (χ0v) is 16.9. The highest BCUT2D eigenvalue weighted by Gasteiger charge is 2.53. The van der Waals surface area contributed by atoms with E-state index in [-0.39, 0.29) is 16.6 Å². The number of allylic oxidation sites excluding steroid dienone is 1. The molecule has 0 heterocycles. The van der Waals surface area contributed by atoms with Crippen LogP contribution in [0.1, 0.15) is 47.5 Å². The first-order valence-electron chi connectivity index (χ1n) is 7.47. The molecule has 0 aliphatic heterocycles. The minimum atomic E-state index is -1.82. The third-order valence-corrected chi connectivity index (χ3v) is 11.0. The summed E-state index contributed by atoms with van der Waals surface area (Å²) in [6, 6.07) is 0. The molecule has 0 N–H and O–H groups in total. The van der Waals surface area contributed by atoms with Crippen LogP contribution in [0, 0.1) is 11.3 Å². The average molecular weight is 406 g/mol. The molecule has 0 saturated heterocycles. The minimum Gasteiger partial charge on any atom is -0.410 e. The Balaban J connectivity index is 2.37. The van der Waals surface area contributed by atoms with Gasteiger partial charge >= 0.3 is 0 Å². The summed E-state index contributed by atoms with van der Waals surface area (Å²) in [5, 5.41) is 0.204. The fourth-order valence-electron chi connectivity index (χ4n) is 3.13. The predicted octanol–water partition coefficient (Wildman–Crippen LogP) is 5.08. The highest BCUT2D eigenvalue weighted by Crippen LogP contribution is 2.55. The van der Waals surface area contributed by atoms with Gasteiger partial charge in [0.05, 0.1) is 9.68 Å². The number of fused-ring (bicyclic) bond motifs is 1. The Hall–Kier alpha value is 0.317. The first-order valence-corrected chi connectivity index (χ1v) is 11.5. The predicted molar refractivity (Wildman–Crippen MR) is 94.6 cm³/mol. The van der Waals surface area contributed by atoms with Crippen molar-refractivity contribution in [2.24, 2.45) is 11.3 Å². The molecule has 2 atom stereocenters. The summed E-state index contributed by atoms with van der Waals surface area (Å²) in [6.45, 7) is 16.0. The van der Waals surface area contributed by atoms with Crippen molar-refractivity contribution < 1.29 is 9.22 Å². The lowest BCUT2D eigenvalue weighted by molar-refractivity contribution is -0.114. The molecule has 0 aromatic carbocycles. The molecule has 2 aliphatic carbocycles. The van der Waals surface area contributed by atoms with Crippen molar-refractivity contribution in [2.75, 3.05) is 0 Å². The minimum absolute atomic E-state index is 0.131. The Labute approximate surface area is 138 Å². The molecule has 114 valence electrons. The van der Waals surface area contributed by atoms with Gasteiger partial charge in [-0.15, -0.1) is 0 Å². The number of carbonyl (C=O) groups is 1. The molecular weight excluding hydrogens is 379 g/mol. The van der Waals surface area contributed by atoms with Crippen molar-refractivity contribution in [1.82, 2.24) is 0 Å². The van der Waals surface area contributed by atoms with Crippen LogP contribution in [0.3, 0.4) is 0 Å².